The summed E-state index contributed by atoms with van der Waals surface area (Å²) in [4.78, 5) is 11.9. The van der Waals surface area contributed by atoms with Gasteiger partial charge in [-0.2, -0.15) is 0 Å². The Balaban J connectivity index is 2.18. The van der Waals surface area contributed by atoms with Gasteiger partial charge in [0, 0.05) is 14.0 Å². The summed E-state index contributed by atoms with van der Waals surface area (Å²) in [7, 11) is 0. The second-order valence-corrected chi connectivity index (χ2v) is 7.11. The van der Waals surface area contributed by atoms with E-state index in [-0.39, 0.29) is 5.91 Å². The van der Waals surface area contributed by atoms with Gasteiger partial charge in [0.2, 0.25) is 0 Å². The summed E-state index contributed by atoms with van der Waals surface area (Å²) in [5.74, 6) is -0.118. The highest BCUT2D eigenvalue weighted by atomic mass is 127. The molecular formula is C11H6BrClINOS. The fourth-order valence-electron chi connectivity index (χ4n) is 1.21. The van der Waals surface area contributed by atoms with Gasteiger partial charge in [-0.3, -0.25) is 4.79 Å². The smallest absolute Gasteiger partial charge is 0.256 e. The van der Waals surface area contributed by atoms with E-state index in [1.165, 1.54) is 11.3 Å². The van der Waals surface area contributed by atoms with E-state index in [0.717, 1.165) is 13.0 Å². The number of nitrogens with one attached hydrogen (secondary N) is 1. The maximum absolute atomic E-state index is 11.9. The van der Waals surface area contributed by atoms with Gasteiger partial charge >= 0.3 is 0 Å². The molecule has 0 spiro atoms. The molecule has 1 N–H and O–H groups in total. The Morgan fingerprint density at radius 1 is 1.41 bits per heavy atom. The van der Waals surface area contributed by atoms with Crippen LogP contribution in [0.2, 0.25) is 5.02 Å². The number of hydrogen-bond donors (Lipinski definition) is 1. The molecule has 1 amide bonds. The number of hydrogen-bond acceptors (Lipinski definition) is 2. The highest BCUT2D eigenvalue weighted by Gasteiger charge is 2.10. The average molecular weight is 443 g/mol. The number of halogens is 3. The minimum atomic E-state index is -0.118. The average Bonchev–Trinajstić information content (AvgIpc) is 2.69. The Kier molecular flexibility index (Phi) is 4.46. The van der Waals surface area contributed by atoms with Crippen molar-refractivity contribution in [3.63, 3.8) is 0 Å². The maximum Gasteiger partial charge on any atom is 0.256 e. The lowest BCUT2D eigenvalue weighted by Crippen LogP contribution is -2.11. The molecule has 0 aliphatic carbocycles. The molecule has 0 bridgehead atoms. The molecule has 1 aromatic carbocycles. The first-order valence-electron chi connectivity index (χ1n) is 4.56. The van der Waals surface area contributed by atoms with Gasteiger partial charge in [-0.1, -0.05) is 11.6 Å². The van der Waals surface area contributed by atoms with Gasteiger partial charge in [-0.25, -0.2) is 0 Å². The number of carbonyl (C=O) groups excluding carboxylic acids is 1. The topological polar surface area (TPSA) is 29.1 Å². The maximum atomic E-state index is 11.9. The van der Waals surface area contributed by atoms with Crippen molar-refractivity contribution in [3.8, 4) is 0 Å². The Hall–Kier alpha value is -0.110. The van der Waals surface area contributed by atoms with Gasteiger partial charge < -0.3 is 5.32 Å². The molecule has 17 heavy (non-hydrogen) atoms. The van der Waals surface area contributed by atoms with Crippen LogP contribution in [-0.2, 0) is 0 Å². The second kappa shape index (κ2) is 5.69. The van der Waals surface area contributed by atoms with Crippen LogP contribution in [0.3, 0.4) is 0 Å². The lowest BCUT2D eigenvalue weighted by molar-refractivity contribution is 0.102. The first-order chi connectivity index (χ1) is 8.06. The first kappa shape index (κ1) is 13.3. The lowest BCUT2D eigenvalue weighted by Gasteiger charge is -2.06. The minimum absolute atomic E-state index is 0.118. The Bertz CT molecular complexity index is 572. The molecule has 88 valence electrons. The van der Waals surface area contributed by atoms with Crippen LogP contribution in [0.4, 0.5) is 5.69 Å². The van der Waals surface area contributed by atoms with Crippen LogP contribution in [0, 0.1) is 3.57 Å². The quantitative estimate of drug-likeness (QED) is 0.650. The zero-order valence-corrected chi connectivity index (χ0v) is 13.7. The summed E-state index contributed by atoms with van der Waals surface area (Å²) in [5.41, 5.74) is 1.41. The summed E-state index contributed by atoms with van der Waals surface area (Å²) in [6.07, 6.45) is 0. The summed E-state index contributed by atoms with van der Waals surface area (Å²) >= 11 is 12.8. The highest BCUT2D eigenvalue weighted by Crippen LogP contribution is 2.25. The Labute approximate surface area is 130 Å². The van der Waals surface area contributed by atoms with Gasteiger partial charge in [0.05, 0.1) is 15.0 Å². The molecule has 1 aromatic heterocycles. The number of amides is 1. The molecule has 0 unspecified atom stereocenters. The third-order valence-corrected chi connectivity index (χ3v) is 4.64. The summed E-state index contributed by atoms with van der Waals surface area (Å²) in [6, 6.07) is 7.15. The lowest BCUT2D eigenvalue weighted by atomic mass is 10.3. The summed E-state index contributed by atoms with van der Waals surface area (Å²) < 4.78 is 1.85. The van der Waals surface area contributed by atoms with Crippen LogP contribution in [0.1, 0.15) is 10.4 Å². The van der Waals surface area contributed by atoms with Crippen molar-refractivity contribution in [2.45, 2.75) is 0 Å². The summed E-state index contributed by atoms with van der Waals surface area (Å²) in [5, 5.41) is 5.31. The van der Waals surface area contributed by atoms with E-state index in [9.17, 15) is 4.79 Å². The highest BCUT2D eigenvalue weighted by molar-refractivity contribution is 14.1. The van der Waals surface area contributed by atoms with Crippen LogP contribution >= 0.6 is 61.5 Å². The van der Waals surface area contributed by atoms with Crippen molar-refractivity contribution < 1.29 is 4.79 Å². The third kappa shape index (κ3) is 3.43. The van der Waals surface area contributed by atoms with E-state index >= 15 is 0 Å². The molecule has 0 saturated carbocycles. The van der Waals surface area contributed by atoms with E-state index < -0.39 is 0 Å². The van der Waals surface area contributed by atoms with E-state index in [4.69, 9.17) is 11.6 Å². The number of anilines is 1. The molecule has 0 radical (unpaired) electrons. The molecule has 2 aromatic rings. The van der Waals surface area contributed by atoms with Gasteiger partial charge in [0.25, 0.3) is 5.91 Å². The molecule has 2 rings (SSSR count). The van der Waals surface area contributed by atoms with Crippen LogP contribution in [-0.4, -0.2) is 5.91 Å². The molecule has 0 saturated heterocycles. The van der Waals surface area contributed by atoms with Crippen LogP contribution < -0.4 is 5.32 Å². The number of benzene rings is 1. The van der Waals surface area contributed by atoms with E-state index in [2.05, 4.69) is 43.8 Å². The number of carbonyl (C=O) groups is 1. The molecule has 6 heteroatoms. The fraction of sp³-hybridized carbons (Fsp3) is 0. The number of thiophene rings is 1. The molecule has 0 atom stereocenters. The Morgan fingerprint density at radius 3 is 2.76 bits per heavy atom. The van der Waals surface area contributed by atoms with Gasteiger partial charge in [0.1, 0.15) is 0 Å². The minimum Gasteiger partial charge on any atom is -0.321 e. The van der Waals surface area contributed by atoms with Crippen molar-refractivity contribution in [3.05, 3.63) is 47.6 Å². The standard InChI is InChI=1S/C11H6BrClINOS/c12-10-3-6(5-17-10)11(16)15-9-2-1-7(13)4-8(9)14/h1-5H,(H,15,16). The SMILES string of the molecule is O=C(Nc1ccc(Cl)cc1I)c1csc(Br)c1. The molecule has 0 fully saturated rings. The van der Waals surface area contributed by atoms with Crippen molar-refractivity contribution in [1.29, 1.82) is 0 Å². The van der Waals surface area contributed by atoms with Crippen LogP contribution in [0.15, 0.2) is 33.4 Å². The van der Waals surface area contributed by atoms with E-state index in [0.29, 0.717) is 10.6 Å². The molecule has 0 aliphatic rings. The normalized spacial score (nSPS) is 10.3. The Morgan fingerprint density at radius 2 is 2.18 bits per heavy atom. The molecule has 2 nitrogen and oxygen atoms in total. The number of rotatable bonds is 2. The molecule has 1 heterocycles. The van der Waals surface area contributed by atoms with Crippen molar-refractivity contribution in [1.82, 2.24) is 0 Å². The summed E-state index contributed by atoms with van der Waals surface area (Å²) in [6.45, 7) is 0. The molecule has 0 aliphatic heterocycles. The van der Waals surface area contributed by atoms with Gasteiger partial charge in [0.15, 0.2) is 0 Å². The van der Waals surface area contributed by atoms with Crippen molar-refractivity contribution >= 4 is 73.1 Å². The zero-order chi connectivity index (χ0) is 12.4. The third-order valence-electron chi connectivity index (χ3n) is 2.01. The fourth-order valence-corrected chi connectivity index (χ4v) is 3.36. The van der Waals surface area contributed by atoms with Crippen LogP contribution in [0.5, 0.6) is 0 Å². The first-order valence-corrected chi connectivity index (χ1v) is 7.69. The predicted molar refractivity (Wildman–Crippen MR) is 84.1 cm³/mol. The van der Waals surface area contributed by atoms with E-state index in [1.807, 2.05) is 5.38 Å². The largest absolute Gasteiger partial charge is 0.321 e. The monoisotopic (exact) mass is 441 g/mol. The van der Waals surface area contributed by atoms with E-state index in [1.54, 1.807) is 24.3 Å². The van der Waals surface area contributed by atoms with Crippen molar-refractivity contribution in [2.75, 3.05) is 5.32 Å². The zero-order valence-electron chi connectivity index (χ0n) is 8.34. The predicted octanol–water partition coefficient (Wildman–Crippen LogP) is 5.02. The second-order valence-electron chi connectivity index (χ2n) is 3.22. The van der Waals surface area contributed by atoms with Crippen molar-refractivity contribution in [2.24, 2.45) is 0 Å². The molecular weight excluding hydrogens is 436 g/mol. The van der Waals surface area contributed by atoms with Gasteiger partial charge in [-0.15, -0.1) is 11.3 Å². The van der Waals surface area contributed by atoms with Crippen LogP contribution in [0.25, 0.3) is 0 Å². The van der Waals surface area contributed by atoms with Gasteiger partial charge in [-0.05, 0) is 62.8 Å².